The highest BCUT2D eigenvalue weighted by Gasteiger charge is 2.21. The number of hydrogen-bond acceptors (Lipinski definition) is 4. The summed E-state index contributed by atoms with van der Waals surface area (Å²) in [6.45, 7) is 2.27. The summed E-state index contributed by atoms with van der Waals surface area (Å²) >= 11 is 0. The number of urea groups is 1. The van der Waals surface area contributed by atoms with Gasteiger partial charge >= 0.3 is 6.03 Å². The lowest BCUT2D eigenvalue weighted by molar-refractivity contribution is -0.126. The lowest BCUT2D eigenvalue weighted by Gasteiger charge is -2.16. The van der Waals surface area contributed by atoms with Crippen LogP contribution < -0.4 is 21.1 Å². The standard InChI is InChI=1S/C14H19N3O3/c1-9(13(18)17-14(15)19)20-12-5-3-2-4-10(12)8-16-11-6-7-11/h2-5,9,11,16H,6-8H2,1H3,(H3,15,17,18,19). The Labute approximate surface area is 117 Å². The first-order valence-electron chi connectivity index (χ1n) is 6.64. The maximum Gasteiger partial charge on any atom is 0.318 e. The van der Waals surface area contributed by atoms with Gasteiger partial charge in [0, 0.05) is 18.2 Å². The van der Waals surface area contributed by atoms with E-state index in [9.17, 15) is 9.59 Å². The average Bonchev–Trinajstić information content (AvgIpc) is 3.21. The highest BCUT2D eigenvalue weighted by atomic mass is 16.5. The molecule has 6 nitrogen and oxygen atoms in total. The SMILES string of the molecule is CC(Oc1ccccc1CNC1CC1)C(=O)NC(N)=O. The Morgan fingerprint density at radius 3 is 2.75 bits per heavy atom. The minimum absolute atomic E-state index is 0.553. The first-order valence-corrected chi connectivity index (χ1v) is 6.64. The van der Waals surface area contributed by atoms with E-state index in [4.69, 9.17) is 10.5 Å². The van der Waals surface area contributed by atoms with E-state index >= 15 is 0 Å². The number of nitrogens with one attached hydrogen (secondary N) is 2. The lowest BCUT2D eigenvalue weighted by atomic mass is 10.2. The number of imide groups is 1. The molecule has 4 N–H and O–H groups in total. The molecule has 1 saturated carbocycles. The van der Waals surface area contributed by atoms with Crippen molar-refractivity contribution in [3.8, 4) is 5.75 Å². The predicted molar refractivity (Wildman–Crippen MR) is 74.1 cm³/mol. The van der Waals surface area contributed by atoms with E-state index in [1.165, 1.54) is 12.8 Å². The largest absolute Gasteiger partial charge is 0.481 e. The molecular weight excluding hydrogens is 258 g/mol. The summed E-state index contributed by atoms with van der Waals surface area (Å²) in [4.78, 5) is 22.2. The van der Waals surface area contributed by atoms with Crippen molar-refractivity contribution in [2.75, 3.05) is 0 Å². The number of primary amides is 1. The van der Waals surface area contributed by atoms with Gasteiger partial charge in [-0.25, -0.2) is 4.79 Å². The monoisotopic (exact) mass is 277 g/mol. The van der Waals surface area contributed by atoms with Crippen LogP contribution in [0.4, 0.5) is 4.79 Å². The number of para-hydroxylation sites is 1. The summed E-state index contributed by atoms with van der Waals surface area (Å²) in [5.74, 6) is 0.0789. The van der Waals surface area contributed by atoms with Crippen LogP contribution in [-0.4, -0.2) is 24.1 Å². The molecule has 0 heterocycles. The van der Waals surface area contributed by atoms with Crippen LogP contribution in [-0.2, 0) is 11.3 Å². The molecule has 0 bridgehead atoms. The molecule has 20 heavy (non-hydrogen) atoms. The second-order valence-electron chi connectivity index (χ2n) is 4.88. The third kappa shape index (κ3) is 4.24. The summed E-state index contributed by atoms with van der Waals surface area (Å²) in [6.07, 6.45) is 1.63. The Bertz CT molecular complexity index is 500. The van der Waals surface area contributed by atoms with Gasteiger partial charge in [-0.2, -0.15) is 0 Å². The third-order valence-electron chi connectivity index (χ3n) is 3.05. The summed E-state index contributed by atoms with van der Waals surface area (Å²) in [7, 11) is 0. The van der Waals surface area contributed by atoms with Crippen molar-refractivity contribution in [2.45, 2.75) is 38.5 Å². The maximum absolute atomic E-state index is 11.6. The molecule has 0 saturated heterocycles. The van der Waals surface area contributed by atoms with Crippen LogP contribution >= 0.6 is 0 Å². The molecule has 0 aliphatic heterocycles. The quantitative estimate of drug-likeness (QED) is 0.720. The van der Waals surface area contributed by atoms with Gasteiger partial charge < -0.3 is 15.8 Å². The van der Waals surface area contributed by atoms with Crippen molar-refractivity contribution < 1.29 is 14.3 Å². The molecule has 0 aromatic heterocycles. The summed E-state index contributed by atoms with van der Waals surface area (Å²) in [5.41, 5.74) is 5.89. The van der Waals surface area contributed by atoms with Crippen LogP contribution in [0, 0.1) is 0 Å². The zero-order valence-corrected chi connectivity index (χ0v) is 11.4. The number of rotatable bonds is 6. The molecule has 1 aliphatic rings. The lowest BCUT2D eigenvalue weighted by Crippen LogP contribution is -2.42. The minimum atomic E-state index is -0.880. The molecule has 1 aromatic rings. The fourth-order valence-corrected chi connectivity index (χ4v) is 1.77. The predicted octanol–water partition coefficient (Wildman–Crippen LogP) is 0.901. The molecule has 1 unspecified atom stereocenters. The summed E-state index contributed by atoms with van der Waals surface area (Å²) < 4.78 is 5.60. The van der Waals surface area contributed by atoms with Gasteiger partial charge in [0.2, 0.25) is 0 Å². The zero-order chi connectivity index (χ0) is 14.5. The number of carbonyl (C=O) groups is 2. The van der Waals surface area contributed by atoms with Crippen LogP contribution in [0.1, 0.15) is 25.3 Å². The number of amides is 3. The first-order chi connectivity index (χ1) is 9.56. The van der Waals surface area contributed by atoms with Crippen LogP contribution in [0.5, 0.6) is 5.75 Å². The van der Waals surface area contributed by atoms with E-state index < -0.39 is 18.0 Å². The number of nitrogens with two attached hydrogens (primary N) is 1. The summed E-state index contributed by atoms with van der Waals surface area (Å²) in [5, 5.41) is 5.40. The number of hydrogen-bond donors (Lipinski definition) is 3. The molecule has 0 radical (unpaired) electrons. The number of benzene rings is 1. The van der Waals surface area contributed by atoms with Crippen LogP contribution in [0.15, 0.2) is 24.3 Å². The van der Waals surface area contributed by atoms with E-state index in [0.717, 1.165) is 5.56 Å². The Morgan fingerprint density at radius 2 is 2.10 bits per heavy atom. The van der Waals surface area contributed by atoms with Gasteiger partial charge in [-0.3, -0.25) is 10.1 Å². The second kappa shape index (κ2) is 6.38. The highest BCUT2D eigenvalue weighted by Crippen LogP contribution is 2.23. The van der Waals surface area contributed by atoms with Crippen LogP contribution in [0.3, 0.4) is 0 Å². The van der Waals surface area contributed by atoms with Gasteiger partial charge in [0.15, 0.2) is 6.10 Å². The molecular formula is C14H19N3O3. The Balaban J connectivity index is 1.96. The number of ether oxygens (including phenoxy) is 1. The van der Waals surface area contributed by atoms with Gasteiger partial charge in [-0.1, -0.05) is 18.2 Å². The molecule has 1 aromatic carbocycles. The normalized spacial score (nSPS) is 15.4. The molecule has 6 heteroatoms. The van der Waals surface area contributed by atoms with Crippen molar-refractivity contribution in [2.24, 2.45) is 5.73 Å². The molecule has 108 valence electrons. The molecule has 3 amide bonds. The van der Waals surface area contributed by atoms with E-state index in [1.807, 2.05) is 23.5 Å². The fraction of sp³-hybridized carbons (Fsp3) is 0.429. The van der Waals surface area contributed by atoms with Gasteiger partial charge in [0.1, 0.15) is 5.75 Å². The van der Waals surface area contributed by atoms with E-state index in [-0.39, 0.29) is 0 Å². The molecule has 2 rings (SSSR count). The zero-order valence-electron chi connectivity index (χ0n) is 11.4. The van der Waals surface area contributed by atoms with E-state index in [0.29, 0.717) is 18.3 Å². The maximum atomic E-state index is 11.6. The Morgan fingerprint density at radius 1 is 1.40 bits per heavy atom. The first kappa shape index (κ1) is 14.3. The molecule has 0 spiro atoms. The van der Waals surface area contributed by atoms with Gasteiger partial charge in [-0.05, 0) is 25.8 Å². The van der Waals surface area contributed by atoms with Gasteiger partial charge in [0.05, 0.1) is 0 Å². The molecule has 1 atom stereocenters. The van der Waals surface area contributed by atoms with Crippen molar-refractivity contribution >= 4 is 11.9 Å². The molecule has 1 fully saturated rings. The Hall–Kier alpha value is -2.08. The Kier molecular flexibility index (Phi) is 4.57. The molecule has 1 aliphatic carbocycles. The van der Waals surface area contributed by atoms with Crippen LogP contribution in [0.2, 0.25) is 0 Å². The highest BCUT2D eigenvalue weighted by molar-refractivity contribution is 5.95. The summed E-state index contributed by atoms with van der Waals surface area (Å²) in [6, 6.07) is 7.23. The fourth-order valence-electron chi connectivity index (χ4n) is 1.77. The second-order valence-corrected chi connectivity index (χ2v) is 4.88. The average molecular weight is 277 g/mol. The van der Waals surface area contributed by atoms with Crippen LogP contribution in [0.25, 0.3) is 0 Å². The van der Waals surface area contributed by atoms with Gasteiger partial charge in [0.25, 0.3) is 5.91 Å². The van der Waals surface area contributed by atoms with E-state index in [1.54, 1.807) is 13.0 Å². The number of carbonyl (C=O) groups excluding carboxylic acids is 2. The topological polar surface area (TPSA) is 93.4 Å². The minimum Gasteiger partial charge on any atom is -0.481 e. The van der Waals surface area contributed by atoms with E-state index in [2.05, 4.69) is 5.32 Å². The van der Waals surface area contributed by atoms with Crippen molar-refractivity contribution in [3.63, 3.8) is 0 Å². The van der Waals surface area contributed by atoms with Crippen molar-refractivity contribution in [1.29, 1.82) is 0 Å². The van der Waals surface area contributed by atoms with Gasteiger partial charge in [-0.15, -0.1) is 0 Å². The van der Waals surface area contributed by atoms with Crippen molar-refractivity contribution in [1.82, 2.24) is 10.6 Å². The smallest absolute Gasteiger partial charge is 0.318 e. The van der Waals surface area contributed by atoms with Crippen molar-refractivity contribution in [3.05, 3.63) is 29.8 Å². The third-order valence-corrected chi connectivity index (χ3v) is 3.05.